The van der Waals surface area contributed by atoms with E-state index in [1.54, 1.807) is 12.1 Å². The highest BCUT2D eigenvalue weighted by molar-refractivity contribution is 5.36. The molecule has 17 heavy (non-hydrogen) atoms. The lowest BCUT2D eigenvalue weighted by Crippen LogP contribution is -2.12. The van der Waals surface area contributed by atoms with Crippen LogP contribution in [0.1, 0.15) is 28.3 Å². The molecule has 1 nitrogen and oxygen atoms in total. The summed E-state index contributed by atoms with van der Waals surface area (Å²) in [6.45, 7) is 4.10. The molecule has 2 aromatic rings. The molecule has 0 saturated carbocycles. The van der Waals surface area contributed by atoms with Crippen molar-refractivity contribution in [3.63, 3.8) is 0 Å². The summed E-state index contributed by atoms with van der Waals surface area (Å²) >= 11 is 0. The molecule has 0 aliphatic carbocycles. The number of rotatable bonds is 2. The van der Waals surface area contributed by atoms with Crippen molar-refractivity contribution >= 4 is 0 Å². The van der Waals surface area contributed by atoms with Crippen molar-refractivity contribution in [1.82, 2.24) is 0 Å². The summed E-state index contributed by atoms with van der Waals surface area (Å²) in [7, 11) is 0. The molecule has 1 unspecified atom stereocenters. The maximum atomic E-state index is 12.8. The molecule has 1 atom stereocenters. The molecular weight excluding hydrogens is 213 g/mol. The van der Waals surface area contributed by atoms with Gasteiger partial charge in [0.25, 0.3) is 0 Å². The van der Waals surface area contributed by atoms with Gasteiger partial charge in [-0.1, -0.05) is 41.5 Å². The smallest absolute Gasteiger partial charge is 0.123 e. The number of hydrogen-bond acceptors (Lipinski definition) is 1. The minimum Gasteiger partial charge on any atom is -0.320 e. The van der Waals surface area contributed by atoms with Crippen molar-refractivity contribution in [2.75, 3.05) is 0 Å². The molecule has 0 aromatic heterocycles. The second-order valence-electron chi connectivity index (χ2n) is 4.45. The van der Waals surface area contributed by atoms with Crippen LogP contribution in [0.4, 0.5) is 4.39 Å². The monoisotopic (exact) mass is 229 g/mol. The van der Waals surface area contributed by atoms with Crippen LogP contribution >= 0.6 is 0 Å². The Morgan fingerprint density at radius 1 is 0.882 bits per heavy atom. The van der Waals surface area contributed by atoms with Crippen molar-refractivity contribution in [1.29, 1.82) is 0 Å². The van der Waals surface area contributed by atoms with Gasteiger partial charge in [-0.05, 0) is 37.1 Å². The van der Waals surface area contributed by atoms with Gasteiger partial charge in [0.2, 0.25) is 0 Å². The van der Waals surface area contributed by atoms with E-state index in [2.05, 4.69) is 18.2 Å². The average Bonchev–Trinajstić information content (AvgIpc) is 2.28. The van der Waals surface area contributed by atoms with Gasteiger partial charge >= 0.3 is 0 Å². The van der Waals surface area contributed by atoms with Crippen molar-refractivity contribution in [3.8, 4) is 0 Å². The van der Waals surface area contributed by atoms with E-state index in [0.717, 1.165) is 11.1 Å². The second-order valence-corrected chi connectivity index (χ2v) is 4.45. The predicted molar refractivity (Wildman–Crippen MR) is 68.3 cm³/mol. The molecule has 0 saturated heterocycles. The van der Waals surface area contributed by atoms with Gasteiger partial charge in [-0.15, -0.1) is 0 Å². The van der Waals surface area contributed by atoms with Gasteiger partial charge in [0, 0.05) is 0 Å². The van der Waals surface area contributed by atoms with Crippen LogP contribution in [-0.2, 0) is 0 Å². The zero-order valence-electron chi connectivity index (χ0n) is 10.1. The number of halogens is 1. The minimum absolute atomic E-state index is 0.200. The van der Waals surface area contributed by atoms with Crippen LogP contribution in [0, 0.1) is 19.7 Å². The Kier molecular flexibility index (Phi) is 3.25. The highest BCUT2D eigenvalue weighted by Crippen LogP contribution is 2.21. The van der Waals surface area contributed by atoms with Gasteiger partial charge in [0.15, 0.2) is 0 Å². The zero-order valence-corrected chi connectivity index (χ0v) is 10.1. The number of hydrogen-bond donors (Lipinski definition) is 1. The summed E-state index contributed by atoms with van der Waals surface area (Å²) in [6, 6.07) is 12.4. The van der Waals surface area contributed by atoms with Crippen LogP contribution in [0.3, 0.4) is 0 Å². The zero-order chi connectivity index (χ0) is 12.4. The molecule has 0 aliphatic rings. The maximum absolute atomic E-state index is 12.8. The normalized spacial score (nSPS) is 12.5. The van der Waals surface area contributed by atoms with E-state index < -0.39 is 0 Å². The topological polar surface area (TPSA) is 26.0 Å². The number of benzene rings is 2. The Bertz CT molecular complexity index is 497. The van der Waals surface area contributed by atoms with Crippen LogP contribution in [0.15, 0.2) is 42.5 Å². The first-order valence-corrected chi connectivity index (χ1v) is 5.65. The molecule has 0 heterocycles. The fourth-order valence-corrected chi connectivity index (χ4v) is 2.05. The van der Waals surface area contributed by atoms with Crippen LogP contribution < -0.4 is 5.73 Å². The predicted octanol–water partition coefficient (Wildman–Crippen LogP) is 3.49. The Balaban J connectivity index is 2.36. The molecule has 2 N–H and O–H groups in total. The molecule has 0 amide bonds. The molecule has 88 valence electrons. The Morgan fingerprint density at radius 2 is 1.41 bits per heavy atom. The van der Waals surface area contributed by atoms with Gasteiger partial charge < -0.3 is 5.73 Å². The average molecular weight is 229 g/mol. The van der Waals surface area contributed by atoms with Crippen LogP contribution in [0.25, 0.3) is 0 Å². The summed E-state index contributed by atoms with van der Waals surface area (Å²) in [4.78, 5) is 0. The molecule has 0 aliphatic heterocycles. The third-order valence-corrected chi connectivity index (χ3v) is 2.83. The van der Waals surface area contributed by atoms with Crippen molar-refractivity contribution < 1.29 is 4.39 Å². The van der Waals surface area contributed by atoms with Crippen LogP contribution in [-0.4, -0.2) is 0 Å². The van der Waals surface area contributed by atoms with Crippen molar-refractivity contribution in [3.05, 3.63) is 70.5 Å². The fraction of sp³-hybridized carbons (Fsp3) is 0.200. The first-order chi connectivity index (χ1) is 8.06. The molecule has 0 spiro atoms. The lowest BCUT2D eigenvalue weighted by molar-refractivity contribution is 0.626. The largest absolute Gasteiger partial charge is 0.320 e. The Labute approximate surface area is 101 Å². The van der Waals surface area contributed by atoms with Crippen LogP contribution in [0.2, 0.25) is 0 Å². The fourth-order valence-electron chi connectivity index (χ4n) is 2.05. The minimum atomic E-state index is -0.235. The highest BCUT2D eigenvalue weighted by Gasteiger charge is 2.09. The molecule has 0 radical (unpaired) electrons. The quantitative estimate of drug-likeness (QED) is 0.838. The molecule has 0 bridgehead atoms. The van der Waals surface area contributed by atoms with Crippen LogP contribution in [0.5, 0.6) is 0 Å². The molecule has 2 aromatic carbocycles. The molecule has 2 heteroatoms. The summed E-state index contributed by atoms with van der Waals surface area (Å²) in [6.07, 6.45) is 0. The van der Waals surface area contributed by atoms with E-state index in [1.807, 2.05) is 13.8 Å². The van der Waals surface area contributed by atoms with E-state index in [1.165, 1.54) is 23.3 Å². The number of nitrogens with two attached hydrogens (primary N) is 1. The molecular formula is C15H16FN. The van der Waals surface area contributed by atoms with Gasteiger partial charge in [-0.3, -0.25) is 0 Å². The Hall–Kier alpha value is -1.67. The maximum Gasteiger partial charge on any atom is 0.123 e. The molecule has 2 rings (SSSR count). The standard InChI is InChI=1S/C15H16FN/c1-10-7-11(2)9-13(8-10)15(17)12-3-5-14(16)6-4-12/h3-9,15H,17H2,1-2H3. The molecule has 0 fully saturated rings. The summed E-state index contributed by atoms with van der Waals surface area (Å²) < 4.78 is 12.8. The lowest BCUT2D eigenvalue weighted by Gasteiger charge is -2.14. The third-order valence-electron chi connectivity index (χ3n) is 2.83. The Morgan fingerprint density at radius 3 is 1.94 bits per heavy atom. The van der Waals surface area contributed by atoms with E-state index in [-0.39, 0.29) is 11.9 Å². The van der Waals surface area contributed by atoms with Gasteiger partial charge in [0.1, 0.15) is 5.82 Å². The lowest BCUT2D eigenvalue weighted by atomic mass is 9.96. The highest BCUT2D eigenvalue weighted by atomic mass is 19.1. The number of aryl methyl sites for hydroxylation is 2. The van der Waals surface area contributed by atoms with E-state index in [9.17, 15) is 4.39 Å². The van der Waals surface area contributed by atoms with E-state index >= 15 is 0 Å². The third kappa shape index (κ3) is 2.71. The van der Waals surface area contributed by atoms with Gasteiger partial charge in [0.05, 0.1) is 6.04 Å². The van der Waals surface area contributed by atoms with Crippen molar-refractivity contribution in [2.24, 2.45) is 5.73 Å². The van der Waals surface area contributed by atoms with E-state index in [0.29, 0.717) is 0 Å². The van der Waals surface area contributed by atoms with Crippen molar-refractivity contribution in [2.45, 2.75) is 19.9 Å². The summed E-state index contributed by atoms with van der Waals surface area (Å²) in [5.41, 5.74) is 10.6. The summed E-state index contributed by atoms with van der Waals surface area (Å²) in [5.74, 6) is -0.235. The summed E-state index contributed by atoms with van der Waals surface area (Å²) in [5, 5.41) is 0. The first kappa shape index (κ1) is 11.8. The van der Waals surface area contributed by atoms with Gasteiger partial charge in [-0.25, -0.2) is 4.39 Å². The second kappa shape index (κ2) is 4.68. The van der Waals surface area contributed by atoms with E-state index in [4.69, 9.17) is 5.73 Å². The van der Waals surface area contributed by atoms with Gasteiger partial charge in [-0.2, -0.15) is 0 Å². The first-order valence-electron chi connectivity index (χ1n) is 5.65. The SMILES string of the molecule is Cc1cc(C)cc(C(N)c2ccc(F)cc2)c1.